The monoisotopic (exact) mass is 444 g/mol. The molecule has 0 aliphatic carbocycles. The summed E-state index contributed by atoms with van der Waals surface area (Å²) < 4.78 is 0. The number of rotatable bonds is 7. The van der Waals surface area contributed by atoms with Gasteiger partial charge in [0.25, 0.3) is 0 Å². The number of nitrogens with zero attached hydrogens (tertiary/aromatic N) is 3. The molecule has 3 aromatic rings. The average Bonchev–Trinajstić information content (AvgIpc) is 3.04. The van der Waals surface area contributed by atoms with Crippen LogP contribution in [-0.2, 0) is 13.1 Å². The summed E-state index contributed by atoms with van der Waals surface area (Å²) in [5.74, 6) is 0. The summed E-state index contributed by atoms with van der Waals surface area (Å²) in [4.78, 5) is 1.71. The van der Waals surface area contributed by atoms with Crippen molar-refractivity contribution in [2.75, 3.05) is 0 Å². The highest BCUT2D eigenvalue weighted by molar-refractivity contribution is 6.35. The number of hydrogen-bond acceptors (Lipinski definition) is 3. The Kier molecular flexibility index (Phi) is 6.91. The maximum atomic E-state index is 6.36. The summed E-state index contributed by atoms with van der Waals surface area (Å²) in [6.07, 6.45) is 1.05. The third-order valence-electron chi connectivity index (χ3n) is 4.81. The van der Waals surface area contributed by atoms with Gasteiger partial charge in [-0.15, -0.1) is 0 Å². The van der Waals surface area contributed by atoms with E-state index in [0.29, 0.717) is 23.1 Å². The third-order valence-corrected chi connectivity index (χ3v) is 5.39. The molecule has 30 heavy (non-hydrogen) atoms. The summed E-state index contributed by atoms with van der Waals surface area (Å²) in [5.41, 5.74) is 4.02. The normalized spacial score (nSPS) is 12.4. The Labute approximate surface area is 189 Å². The molecule has 1 aromatic heterocycles. The molecule has 6 heteroatoms. The van der Waals surface area contributed by atoms with Gasteiger partial charge < -0.3 is 5.32 Å². The number of benzene rings is 2. The van der Waals surface area contributed by atoms with Crippen LogP contribution in [0.1, 0.15) is 52.3 Å². The molecule has 0 saturated carbocycles. The van der Waals surface area contributed by atoms with Crippen LogP contribution in [0, 0.1) is 5.41 Å². The second kappa shape index (κ2) is 9.09. The minimum atomic E-state index is -0.0184. The number of nitrogens with one attached hydrogen (secondary N) is 1. The smallest absolute Gasteiger partial charge is 0.117 e. The molecular weight excluding hydrogens is 415 g/mol. The van der Waals surface area contributed by atoms with E-state index in [-0.39, 0.29) is 11.0 Å². The van der Waals surface area contributed by atoms with Gasteiger partial charge in [-0.1, -0.05) is 80.4 Å². The van der Waals surface area contributed by atoms with Crippen molar-refractivity contribution in [1.29, 1.82) is 0 Å². The van der Waals surface area contributed by atoms with E-state index in [2.05, 4.69) is 52.1 Å². The van der Waals surface area contributed by atoms with Gasteiger partial charge in [0.2, 0.25) is 0 Å². The van der Waals surface area contributed by atoms with Crippen molar-refractivity contribution >= 4 is 23.2 Å². The van der Waals surface area contributed by atoms with E-state index >= 15 is 0 Å². The number of hydrogen-bond donors (Lipinski definition) is 1. The molecule has 2 aromatic carbocycles. The van der Waals surface area contributed by atoms with Crippen LogP contribution in [0.2, 0.25) is 10.0 Å². The van der Waals surface area contributed by atoms with Gasteiger partial charge in [0.1, 0.15) is 11.4 Å². The highest BCUT2D eigenvalue weighted by Crippen LogP contribution is 2.28. The summed E-state index contributed by atoms with van der Waals surface area (Å²) >= 11 is 12.4. The molecule has 0 saturated heterocycles. The molecule has 0 radical (unpaired) electrons. The highest BCUT2D eigenvalue weighted by atomic mass is 35.5. The Morgan fingerprint density at radius 3 is 2.27 bits per heavy atom. The second-order valence-corrected chi connectivity index (χ2v) is 10.4. The maximum absolute atomic E-state index is 6.36. The van der Waals surface area contributed by atoms with Crippen molar-refractivity contribution < 1.29 is 0 Å². The molecule has 0 aliphatic rings. The van der Waals surface area contributed by atoms with Crippen LogP contribution in [0.4, 0.5) is 0 Å². The van der Waals surface area contributed by atoms with Gasteiger partial charge >= 0.3 is 0 Å². The lowest BCUT2D eigenvalue weighted by Gasteiger charge is -2.33. The van der Waals surface area contributed by atoms with E-state index in [1.165, 1.54) is 0 Å². The SMILES string of the molecule is CC(C)(C)CC(C)(C)NCc1nn(Cc2ccc(Cl)cc2Cl)nc1-c1ccccc1. The van der Waals surface area contributed by atoms with E-state index < -0.39 is 0 Å². The molecule has 0 spiro atoms. The number of aromatic nitrogens is 3. The van der Waals surface area contributed by atoms with Crippen LogP contribution in [0.15, 0.2) is 48.5 Å². The first kappa shape index (κ1) is 22.8. The zero-order valence-corrected chi connectivity index (χ0v) is 19.8. The number of halogens is 2. The fourth-order valence-corrected chi connectivity index (χ4v) is 4.37. The van der Waals surface area contributed by atoms with Crippen LogP contribution in [0.25, 0.3) is 11.3 Å². The fourth-order valence-electron chi connectivity index (χ4n) is 3.91. The van der Waals surface area contributed by atoms with E-state index in [1.54, 1.807) is 10.9 Å². The van der Waals surface area contributed by atoms with Crippen LogP contribution < -0.4 is 5.32 Å². The summed E-state index contributed by atoms with van der Waals surface area (Å²) in [5, 5.41) is 14.5. The molecule has 3 rings (SSSR count). The van der Waals surface area contributed by atoms with Crippen molar-refractivity contribution in [3.63, 3.8) is 0 Å². The zero-order chi connectivity index (χ0) is 21.9. The van der Waals surface area contributed by atoms with Gasteiger partial charge in [-0.2, -0.15) is 15.0 Å². The maximum Gasteiger partial charge on any atom is 0.117 e. The second-order valence-electron chi connectivity index (χ2n) is 9.60. The van der Waals surface area contributed by atoms with Crippen LogP contribution in [-0.4, -0.2) is 20.5 Å². The Morgan fingerprint density at radius 1 is 0.933 bits per heavy atom. The van der Waals surface area contributed by atoms with Crippen LogP contribution in [0.3, 0.4) is 0 Å². The van der Waals surface area contributed by atoms with E-state index in [1.807, 2.05) is 30.3 Å². The lowest BCUT2D eigenvalue weighted by Crippen LogP contribution is -2.42. The van der Waals surface area contributed by atoms with Gasteiger partial charge in [-0.3, -0.25) is 0 Å². The van der Waals surface area contributed by atoms with Crippen molar-refractivity contribution in [3.8, 4) is 11.3 Å². The summed E-state index contributed by atoms with van der Waals surface area (Å²) in [7, 11) is 0. The van der Waals surface area contributed by atoms with Crippen molar-refractivity contribution in [3.05, 3.63) is 69.8 Å². The first-order valence-electron chi connectivity index (χ1n) is 10.2. The van der Waals surface area contributed by atoms with Crippen LogP contribution >= 0.6 is 23.2 Å². The molecule has 0 atom stereocenters. The molecule has 1 heterocycles. The van der Waals surface area contributed by atoms with E-state index in [4.69, 9.17) is 33.4 Å². The van der Waals surface area contributed by atoms with Gasteiger partial charge in [0, 0.05) is 27.7 Å². The predicted molar refractivity (Wildman–Crippen MR) is 126 cm³/mol. The van der Waals surface area contributed by atoms with Gasteiger partial charge in [0.15, 0.2) is 0 Å². The molecule has 0 fully saturated rings. The quantitative estimate of drug-likeness (QED) is 0.445. The Hall–Kier alpha value is -1.88. The molecule has 0 unspecified atom stereocenters. The standard InChI is InChI=1S/C24H30Cl2N4/c1-23(2,3)16-24(4,5)27-14-21-22(17-9-7-6-8-10-17)29-30(28-21)15-18-11-12-19(25)13-20(18)26/h6-13,27H,14-16H2,1-5H3. The Bertz CT molecular complexity index is 988. The molecule has 0 aliphatic heterocycles. The first-order chi connectivity index (χ1) is 14.0. The fraction of sp³-hybridized carbons (Fsp3) is 0.417. The van der Waals surface area contributed by atoms with Crippen molar-refractivity contribution in [1.82, 2.24) is 20.3 Å². The van der Waals surface area contributed by atoms with E-state index in [0.717, 1.165) is 28.9 Å². The topological polar surface area (TPSA) is 42.7 Å². The first-order valence-corrected chi connectivity index (χ1v) is 11.0. The van der Waals surface area contributed by atoms with Gasteiger partial charge in [0.05, 0.1) is 6.54 Å². The molecule has 0 amide bonds. The minimum absolute atomic E-state index is 0.0184. The Balaban J connectivity index is 1.87. The van der Waals surface area contributed by atoms with E-state index in [9.17, 15) is 0 Å². The van der Waals surface area contributed by atoms with Gasteiger partial charge in [-0.05, 0) is 43.4 Å². The molecular formula is C24H30Cl2N4. The van der Waals surface area contributed by atoms with Crippen molar-refractivity contribution in [2.24, 2.45) is 5.41 Å². The zero-order valence-electron chi connectivity index (χ0n) is 18.3. The van der Waals surface area contributed by atoms with Crippen LogP contribution in [0.5, 0.6) is 0 Å². The lowest BCUT2D eigenvalue weighted by molar-refractivity contribution is 0.240. The predicted octanol–water partition coefficient (Wildman–Crippen LogP) is 6.60. The highest BCUT2D eigenvalue weighted by Gasteiger charge is 2.26. The largest absolute Gasteiger partial charge is 0.306 e. The third kappa shape index (κ3) is 6.31. The van der Waals surface area contributed by atoms with Crippen molar-refractivity contribution in [2.45, 2.75) is 59.7 Å². The summed E-state index contributed by atoms with van der Waals surface area (Å²) in [6, 6.07) is 15.7. The Morgan fingerprint density at radius 2 is 1.63 bits per heavy atom. The van der Waals surface area contributed by atoms with Gasteiger partial charge in [-0.25, -0.2) is 0 Å². The molecule has 4 nitrogen and oxygen atoms in total. The molecule has 160 valence electrons. The average molecular weight is 445 g/mol. The molecule has 1 N–H and O–H groups in total. The lowest BCUT2D eigenvalue weighted by atomic mass is 9.82. The molecule has 0 bridgehead atoms. The summed E-state index contributed by atoms with van der Waals surface area (Å²) in [6.45, 7) is 12.4. The minimum Gasteiger partial charge on any atom is -0.306 e.